The van der Waals surface area contributed by atoms with Gasteiger partial charge in [0.1, 0.15) is 17.0 Å². The van der Waals surface area contributed by atoms with Crippen LogP contribution in [0.3, 0.4) is 0 Å². The molecule has 1 heterocycles. The van der Waals surface area contributed by atoms with Crippen LogP contribution < -0.4 is 10.7 Å². The molecule has 0 spiro atoms. The molecule has 0 aliphatic rings. The lowest BCUT2D eigenvalue weighted by Gasteiger charge is -2.11. The van der Waals surface area contributed by atoms with Gasteiger partial charge < -0.3 is 9.84 Å². The molecule has 172 valence electrons. The van der Waals surface area contributed by atoms with Gasteiger partial charge in [0.15, 0.2) is 0 Å². The highest BCUT2D eigenvalue weighted by Crippen LogP contribution is 2.30. The lowest BCUT2D eigenvalue weighted by atomic mass is 10.1. The number of carbonyl (C=O) groups is 1. The predicted molar refractivity (Wildman–Crippen MR) is 137 cm³/mol. The van der Waals surface area contributed by atoms with Crippen LogP contribution in [0.5, 0.6) is 0 Å². The predicted octanol–water partition coefficient (Wildman–Crippen LogP) is 6.17. The SMILES string of the molecule is Cc1ccc(NN=C(CNC(=O)c2c(-c3ccccc3Cl)noc2C)c2ccccc2)cc1C. The first kappa shape index (κ1) is 23.3. The molecule has 0 saturated heterocycles. The molecule has 0 fully saturated rings. The number of hydrogen-bond donors (Lipinski definition) is 2. The van der Waals surface area contributed by atoms with Gasteiger partial charge >= 0.3 is 0 Å². The number of nitrogens with zero attached hydrogens (tertiary/aromatic N) is 2. The van der Waals surface area contributed by atoms with Gasteiger partial charge in [0.25, 0.3) is 5.91 Å². The zero-order chi connectivity index (χ0) is 24.1. The molecular formula is C27H25ClN4O2. The molecule has 0 radical (unpaired) electrons. The summed E-state index contributed by atoms with van der Waals surface area (Å²) in [5, 5.41) is 12.1. The average Bonchev–Trinajstić information content (AvgIpc) is 3.23. The Morgan fingerprint density at radius 1 is 0.971 bits per heavy atom. The van der Waals surface area contributed by atoms with Crippen LogP contribution in [0.4, 0.5) is 5.69 Å². The molecule has 4 aromatic rings. The van der Waals surface area contributed by atoms with Gasteiger partial charge in [-0.3, -0.25) is 10.2 Å². The summed E-state index contributed by atoms with van der Waals surface area (Å²) >= 11 is 6.33. The van der Waals surface area contributed by atoms with Crippen LogP contribution in [-0.2, 0) is 0 Å². The van der Waals surface area contributed by atoms with Gasteiger partial charge in [0, 0.05) is 5.56 Å². The van der Waals surface area contributed by atoms with E-state index < -0.39 is 0 Å². The van der Waals surface area contributed by atoms with Gasteiger partial charge in [0.05, 0.1) is 23.0 Å². The first-order chi connectivity index (χ1) is 16.4. The summed E-state index contributed by atoms with van der Waals surface area (Å²) in [6.07, 6.45) is 0. The smallest absolute Gasteiger partial charge is 0.257 e. The zero-order valence-electron chi connectivity index (χ0n) is 19.2. The summed E-state index contributed by atoms with van der Waals surface area (Å²) in [5.74, 6) is 0.0994. The molecule has 0 aliphatic heterocycles. The highest BCUT2D eigenvalue weighted by molar-refractivity contribution is 6.33. The van der Waals surface area contributed by atoms with Crippen molar-refractivity contribution in [3.63, 3.8) is 0 Å². The minimum atomic E-state index is -0.316. The minimum absolute atomic E-state index is 0.202. The fourth-order valence-corrected chi connectivity index (χ4v) is 3.73. The van der Waals surface area contributed by atoms with Crippen LogP contribution in [0, 0.1) is 20.8 Å². The summed E-state index contributed by atoms with van der Waals surface area (Å²) < 4.78 is 5.33. The summed E-state index contributed by atoms with van der Waals surface area (Å²) in [5.41, 5.74) is 9.35. The normalized spacial score (nSPS) is 11.4. The lowest BCUT2D eigenvalue weighted by molar-refractivity contribution is 0.0958. The summed E-state index contributed by atoms with van der Waals surface area (Å²) in [4.78, 5) is 13.2. The van der Waals surface area contributed by atoms with E-state index in [1.54, 1.807) is 19.1 Å². The highest BCUT2D eigenvalue weighted by atomic mass is 35.5. The third kappa shape index (κ3) is 5.18. The first-order valence-corrected chi connectivity index (χ1v) is 11.3. The number of carbonyl (C=O) groups excluding carboxylic acids is 1. The number of hydrogen-bond acceptors (Lipinski definition) is 5. The van der Waals surface area contributed by atoms with Crippen LogP contribution in [-0.4, -0.2) is 23.3 Å². The molecule has 0 aliphatic carbocycles. The number of aromatic nitrogens is 1. The molecule has 34 heavy (non-hydrogen) atoms. The molecule has 4 rings (SSSR count). The van der Waals surface area contributed by atoms with E-state index in [9.17, 15) is 4.79 Å². The largest absolute Gasteiger partial charge is 0.360 e. The Balaban J connectivity index is 1.58. The monoisotopic (exact) mass is 472 g/mol. The molecule has 0 atom stereocenters. The van der Waals surface area contributed by atoms with Crippen molar-refractivity contribution in [2.24, 2.45) is 5.10 Å². The fraction of sp³-hybridized carbons (Fsp3) is 0.148. The van der Waals surface area contributed by atoms with E-state index in [-0.39, 0.29) is 12.5 Å². The third-order valence-corrected chi connectivity index (χ3v) is 5.90. The first-order valence-electron chi connectivity index (χ1n) is 10.9. The standard InChI is InChI=1S/C27H25ClN4O2/c1-17-13-14-21(15-18(17)2)30-31-24(20-9-5-4-6-10-20)16-29-27(33)25-19(3)34-32-26(25)22-11-7-8-12-23(22)28/h4-15,30H,16H2,1-3H3,(H,29,33). The van der Waals surface area contributed by atoms with E-state index in [1.807, 2.05) is 60.7 Å². The molecule has 0 bridgehead atoms. The fourth-order valence-electron chi connectivity index (χ4n) is 3.51. The molecule has 6 nitrogen and oxygen atoms in total. The molecule has 7 heteroatoms. The summed E-state index contributed by atoms with van der Waals surface area (Å²) in [7, 11) is 0. The molecular weight excluding hydrogens is 448 g/mol. The number of rotatable bonds is 7. The van der Waals surface area contributed by atoms with Crippen molar-refractivity contribution in [1.29, 1.82) is 0 Å². The van der Waals surface area contributed by atoms with Crippen LogP contribution in [0.15, 0.2) is 82.4 Å². The molecule has 1 aromatic heterocycles. The number of nitrogens with one attached hydrogen (secondary N) is 2. The Kier molecular flexibility index (Phi) is 7.09. The van der Waals surface area contributed by atoms with Gasteiger partial charge in [-0.15, -0.1) is 0 Å². The Labute approximate surface area is 203 Å². The highest BCUT2D eigenvalue weighted by Gasteiger charge is 2.23. The van der Waals surface area contributed by atoms with Gasteiger partial charge in [-0.2, -0.15) is 5.10 Å². The zero-order valence-corrected chi connectivity index (χ0v) is 20.0. The van der Waals surface area contributed by atoms with Crippen LogP contribution in [0.1, 0.15) is 32.8 Å². The maximum atomic E-state index is 13.2. The minimum Gasteiger partial charge on any atom is -0.360 e. The Morgan fingerprint density at radius 3 is 2.44 bits per heavy atom. The van der Waals surface area contributed by atoms with E-state index in [0.29, 0.717) is 33.3 Å². The molecule has 2 N–H and O–H groups in total. The number of amides is 1. The van der Waals surface area contributed by atoms with Crippen molar-refractivity contribution >= 4 is 28.9 Å². The van der Waals surface area contributed by atoms with Crippen molar-refractivity contribution in [3.8, 4) is 11.3 Å². The number of benzene rings is 3. The van der Waals surface area contributed by atoms with Gasteiger partial charge in [-0.1, -0.05) is 71.4 Å². The van der Waals surface area contributed by atoms with E-state index in [0.717, 1.165) is 11.3 Å². The van der Waals surface area contributed by atoms with Crippen molar-refractivity contribution < 1.29 is 9.32 Å². The second-order valence-electron chi connectivity index (χ2n) is 7.96. The van der Waals surface area contributed by atoms with Crippen LogP contribution in [0.2, 0.25) is 5.02 Å². The second kappa shape index (κ2) is 10.4. The maximum absolute atomic E-state index is 13.2. The van der Waals surface area contributed by atoms with E-state index in [2.05, 4.69) is 34.8 Å². The van der Waals surface area contributed by atoms with Crippen molar-refractivity contribution in [1.82, 2.24) is 10.5 Å². The number of aryl methyl sites for hydroxylation is 3. The van der Waals surface area contributed by atoms with Gasteiger partial charge in [-0.05, 0) is 55.7 Å². The third-order valence-electron chi connectivity index (χ3n) is 5.57. The van der Waals surface area contributed by atoms with E-state index in [4.69, 9.17) is 16.1 Å². The average molecular weight is 473 g/mol. The summed E-state index contributed by atoms with van der Waals surface area (Å²) in [6.45, 7) is 6.03. The van der Waals surface area contributed by atoms with E-state index >= 15 is 0 Å². The van der Waals surface area contributed by atoms with Crippen molar-refractivity contribution in [2.45, 2.75) is 20.8 Å². The van der Waals surface area contributed by atoms with Crippen LogP contribution >= 0.6 is 11.6 Å². The number of anilines is 1. The van der Waals surface area contributed by atoms with Crippen LogP contribution in [0.25, 0.3) is 11.3 Å². The van der Waals surface area contributed by atoms with Crippen molar-refractivity contribution in [3.05, 3.63) is 106 Å². The second-order valence-corrected chi connectivity index (χ2v) is 8.37. The summed E-state index contributed by atoms with van der Waals surface area (Å²) in [6, 6.07) is 23.0. The quantitative estimate of drug-likeness (QED) is 0.249. The lowest BCUT2D eigenvalue weighted by Crippen LogP contribution is -2.31. The Hall–Kier alpha value is -3.90. The maximum Gasteiger partial charge on any atom is 0.257 e. The molecule has 3 aromatic carbocycles. The topological polar surface area (TPSA) is 79.5 Å². The van der Waals surface area contributed by atoms with E-state index in [1.165, 1.54) is 11.1 Å². The van der Waals surface area contributed by atoms with Gasteiger partial charge in [0.2, 0.25) is 0 Å². The number of hydrazone groups is 1. The Morgan fingerprint density at radius 2 is 1.71 bits per heavy atom. The number of halogens is 1. The molecule has 0 unspecified atom stereocenters. The Bertz CT molecular complexity index is 1350. The molecule has 0 saturated carbocycles. The molecule has 1 amide bonds. The van der Waals surface area contributed by atoms with Crippen molar-refractivity contribution in [2.75, 3.05) is 12.0 Å². The van der Waals surface area contributed by atoms with Gasteiger partial charge in [-0.25, -0.2) is 0 Å².